The minimum absolute atomic E-state index is 0.0169. The number of sulfone groups is 1. The molecule has 1 aromatic heterocycles. The van der Waals surface area contributed by atoms with Crippen LogP contribution in [0.4, 0.5) is 0 Å². The summed E-state index contributed by atoms with van der Waals surface area (Å²) in [6.07, 6.45) is 2.82. The molecule has 1 rings (SSSR count). The number of hydrogen-bond donors (Lipinski definition) is 1. The lowest BCUT2D eigenvalue weighted by atomic mass is 10.2. The summed E-state index contributed by atoms with van der Waals surface area (Å²) in [5.41, 5.74) is -0.132. The Kier molecular flexibility index (Phi) is 4.64. The Morgan fingerprint density at radius 3 is 2.67 bits per heavy atom. The summed E-state index contributed by atoms with van der Waals surface area (Å²) >= 11 is 5.79. The van der Waals surface area contributed by atoms with Crippen LogP contribution < -0.4 is 5.32 Å². The highest BCUT2D eigenvalue weighted by molar-refractivity contribution is 7.90. The van der Waals surface area contributed by atoms with Gasteiger partial charge in [0.25, 0.3) is 5.91 Å². The molecule has 18 heavy (non-hydrogen) atoms. The first-order chi connectivity index (χ1) is 8.25. The van der Waals surface area contributed by atoms with E-state index in [1.165, 1.54) is 0 Å². The molecule has 1 amide bonds. The van der Waals surface area contributed by atoms with E-state index in [2.05, 4.69) is 15.3 Å². The molecule has 0 spiro atoms. The second kappa shape index (κ2) is 5.62. The molecule has 0 saturated carbocycles. The van der Waals surface area contributed by atoms with Crippen molar-refractivity contribution in [3.63, 3.8) is 0 Å². The van der Waals surface area contributed by atoms with Crippen LogP contribution in [0.25, 0.3) is 0 Å². The van der Waals surface area contributed by atoms with Gasteiger partial charge in [-0.3, -0.25) is 4.79 Å². The molecule has 0 aliphatic rings. The second-order valence-corrected chi connectivity index (χ2v) is 6.22. The van der Waals surface area contributed by atoms with E-state index in [4.69, 9.17) is 11.6 Å². The van der Waals surface area contributed by atoms with Gasteiger partial charge in [-0.25, -0.2) is 18.4 Å². The lowest BCUT2D eigenvalue weighted by Gasteiger charge is -2.11. The van der Waals surface area contributed by atoms with E-state index in [9.17, 15) is 13.2 Å². The molecule has 1 heterocycles. The van der Waals surface area contributed by atoms with Crippen LogP contribution >= 0.6 is 11.6 Å². The highest BCUT2D eigenvalue weighted by Crippen LogP contribution is 2.14. The van der Waals surface area contributed by atoms with E-state index >= 15 is 0 Å². The van der Waals surface area contributed by atoms with Crippen molar-refractivity contribution in [1.82, 2.24) is 15.3 Å². The third-order valence-electron chi connectivity index (χ3n) is 2.26. The van der Waals surface area contributed by atoms with Crippen LogP contribution in [-0.2, 0) is 9.84 Å². The van der Waals surface area contributed by atoms with Crippen LogP contribution in [0.3, 0.4) is 0 Å². The second-order valence-electron chi connectivity index (χ2n) is 3.90. The molecule has 0 fully saturated rings. The zero-order valence-corrected chi connectivity index (χ0v) is 11.8. The first-order valence-electron chi connectivity index (χ1n) is 5.29. The highest BCUT2D eigenvalue weighted by Gasteiger charge is 2.19. The van der Waals surface area contributed by atoms with Gasteiger partial charge in [0, 0.05) is 12.3 Å². The molecule has 6 nitrogen and oxygen atoms in total. The summed E-state index contributed by atoms with van der Waals surface area (Å²) < 4.78 is 22.6. The molecular weight excluding hydrogens is 278 g/mol. The van der Waals surface area contributed by atoms with Gasteiger partial charge in [0.05, 0.1) is 11.2 Å². The number of aromatic nitrogens is 2. The number of carbonyl (C=O) groups excluding carboxylic acids is 1. The van der Waals surface area contributed by atoms with Crippen molar-refractivity contribution in [3.8, 4) is 0 Å². The monoisotopic (exact) mass is 291 g/mol. The first kappa shape index (κ1) is 14.8. The predicted octanol–water partition coefficient (Wildman–Crippen LogP) is 1.06. The number of carbonyl (C=O) groups is 1. The van der Waals surface area contributed by atoms with Gasteiger partial charge >= 0.3 is 0 Å². The van der Waals surface area contributed by atoms with Crippen LogP contribution in [0.15, 0.2) is 11.4 Å². The maximum atomic E-state index is 11.8. The van der Waals surface area contributed by atoms with Crippen molar-refractivity contribution in [2.45, 2.75) is 31.5 Å². The summed E-state index contributed by atoms with van der Waals surface area (Å²) in [6, 6.07) is -0.0507. The molecule has 0 aliphatic carbocycles. The van der Waals surface area contributed by atoms with Crippen LogP contribution in [0.2, 0.25) is 5.02 Å². The van der Waals surface area contributed by atoms with Crippen LogP contribution in [0.1, 0.15) is 30.8 Å². The van der Waals surface area contributed by atoms with Crippen molar-refractivity contribution in [1.29, 1.82) is 0 Å². The third-order valence-corrected chi connectivity index (χ3v) is 3.40. The summed E-state index contributed by atoms with van der Waals surface area (Å²) in [7, 11) is -3.57. The van der Waals surface area contributed by atoms with Crippen LogP contribution in [0.5, 0.6) is 0 Å². The first-order valence-corrected chi connectivity index (χ1v) is 7.56. The lowest BCUT2D eigenvalue weighted by Crippen LogP contribution is -2.33. The number of amides is 1. The van der Waals surface area contributed by atoms with Gasteiger partial charge in [-0.05, 0) is 13.3 Å². The topological polar surface area (TPSA) is 89.0 Å². The van der Waals surface area contributed by atoms with Crippen molar-refractivity contribution >= 4 is 27.3 Å². The fourth-order valence-electron chi connectivity index (χ4n) is 1.08. The van der Waals surface area contributed by atoms with E-state index in [1.807, 2.05) is 13.8 Å². The smallest absolute Gasteiger partial charge is 0.271 e. The Morgan fingerprint density at radius 2 is 2.17 bits per heavy atom. The molecule has 100 valence electrons. The van der Waals surface area contributed by atoms with Crippen molar-refractivity contribution in [2.24, 2.45) is 0 Å². The zero-order valence-electron chi connectivity index (χ0n) is 10.3. The van der Waals surface area contributed by atoms with E-state index in [1.54, 1.807) is 0 Å². The van der Waals surface area contributed by atoms with Gasteiger partial charge in [-0.2, -0.15) is 0 Å². The van der Waals surface area contributed by atoms with Crippen LogP contribution in [-0.4, -0.2) is 36.6 Å². The molecular formula is C10H14ClN3O3S. The average Bonchev–Trinajstić information content (AvgIpc) is 2.27. The van der Waals surface area contributed by atoms with Gasteiger partial charge in [0.15, 0.2) is 5.69 Å². The molecule has 0 bridgehead atoms. The lowest BCUT2D eigenvalue weighted by molar-refractivity contribution is 0.0933. The Hall–Kier alpha value is -1.21. The number of rotatable bonds is 4. The number of halogens is 1. The SMILES string of the molecule is CC[C@@H](C)NC(=O)c1nc(S(C)(=O)=O)ncc1Cl. The molecule has 0 aromatic carbocycles. The summed E-state index contributed by atoms with van der Waals surface area (Å²) in [5, 5.41) is 2.26. The fourth-order valence-corrected chi connectivity index (χ4v) is 1.76. The van der Waals surface area contributed by atoms with E-state index in [0.717, 1.165) is 18.9 Å². The van der Waals surface area contributed by atoms with Crippen molar-refractivity contribution in [3.05, 3.63) is 16.9 Å². The highest BCUT2D eigenvalue weighted by atomic mass is 35.5. The molecule has 1 atom stereocenters. The zero-order chi connectivity index (χ0) is 13.9. The predicted molar refractivity (Wildman–Crippen MR) is 67.4 cm³/mol. The molecule has 1 aromatic rings. The normalized spacial score (nSPS) is 13.1. The number of nitrogens with zero attached hydrogens (tertiary/aromatic N) is 2. The minimum atomic E-state index is -3.57. The third kappa shape index (κ3) is 3.64. The summed E-state index contributed by atoms with van der Waals surface area (Å²) in [6.45, 7) is 3.74. The molecule has 1 N–H and O–H groups in total. The van der Waals surface area contributed by atoms with Gasteiger partial charge in [0.1, 0.15) is 0 Å². The van der Waals surface area contributed by atoms with E-state index < -0.39 is 20.9 Å². The van der Waals surface area contributed by atoms with Gasteiger partial charge in [0.2, 0.25) is 15.0 Å². The Bertz CT molecular complexity index is 559. The molecule has 0 unspecified atom stereocenters. The molecule has 0 radical (unpaired) electrons. The standard InChI is InChI=1S/C10H14ClN3O3S/c1-4-6(2)13-9(15)8-7(11)5-12-10(14-8)18(3,16)17/h5-6H,4H2,1-3H3,(H,13,15)/t6-/m1/s1. The quantitative estimate of drug-likeness (QED) is 0.838. The largest absolute Gasteiger partial charge is 0.348 e. The van der Waals surface area contributed by atoms with Crippen molar-refractivity contribution < 1.29 is 13.2 Å². The summed E-state index contributed by atoms with van der Waals surface area (Å²) in [4.78, 5) is 19.1. The van der Waals surface area contributed by atoms with Crippen LogP contribution in [0, 0.1) is 0 Å². The Labute approximate surface area is 111 Å². The Balaban J connectivity index is 3.12. The number of hydrogen-bond acceptors (Lipinski definition) is 5. The minimum Gasteiger partial charge on any atom is -0.348 e. The molecule has 0 saturated heterocycles. The van der Waals surface area contributed by atoms with Gasteiger partial charge in [-0.1, -0.05) is 18.5 Å². The van der Waals surface area contributed by atoms with E-state index in [-0.39, 0.29) is 16.8 Å². The summed E-state index contributed by atoms with van der Waals surface area (Å²) in [5.74, 6) is -0.512. The maximum Gasteiger partial charge on any atom is 0.271 e. The maximum absolute atomic E-state index is 11.8. The van der Waals surface area contributed by atoms with E-state index in [0.29, 0.717) is 0 Å². The Morgan fingerprint density at radius 1 is 1.56 bits per heavy atom. The fraction of sp³-hybridized carbons (Fsp3) is 0.500. The van der Waals surface area contributed by atoms with Crippen molar-refractivity contribution in [2.75, 3.05) is 6.26 Å². The van der Waals surface area contributed by atoms with Gasteiger partial charge in [-0.15, -0.1) is 0 Å². The number of nitrogens with one attached hydrogen (secondary N) is 1. The average molecular weight is 292 g/mol. The van der Waals surface area contributed by atoms with Gasteiger partial charge < -0.3 is 5.32 Å². The molecule has 8 heteroatoms. The molecule has 0 aliphatic heterocycles.